The number of nitrogens with zero attached hydrogens (tertiary/aromatic N) is 1. The zero-order chi connectivity index (χ0) is 11.5. The fourth-order valence-electron chi connectivity index (χ4n) is 1.38. The zero-order valence-corrected chi connectivity index (χ0v) is 12.1. The number of halogens is 2. The van der Waals surface area contributed by atoms with E-state index in [2.05, 4.69) is 4.98 Å². The summed E-state index contributed by atoms with van der Waals surface area (Å²) in [6.45, 7) is 0. The Balaban J connectivity index is 0.00000144. The molecule has 5 heteroatoms. The standard InChI is InChI=1S/C12H7Cl2NO.Au/c13-11-8(7-16)4-5-9(12(11)14)10-3-1-2-6-15-10;/h1-7H;/q;+3. The van der Waals surface area contributed by atoms with Gasteiger partial charge in [0.2, 0.25) is 0 Å². The van der Waals surface area contributed by atoms with Gasteiger partial charge in [0.15, 0.2) is 6.29 Å². The van der Waals surface area contributed by atoms with E-state index in [1.165, 1.54) is 0 Å². The third-order valence-electron chi connectivity index (χ3n) is 2.18. The van der Waals surface area contributed by atoms with Gasteiger partial charge in [0.1, 0.15) is 0 Å². The summed E-state index contributed by atoms with van der Waals surface area (Å²) in [7, 11) is 0. The molecule has 2 aromatic rings. The number of carbonyl (C=O) groups excluding carboxylic acids is 1. The minimum absolute atomic E-state index is 0. The van der Waals surface area contributed by atoms with Crippen LogP contribution >= 0.6 is 23.2 Å². The molecule has 1 aromatic heterocycles. The Morgan fingerprint density at radius 2 is 1.82 bits per heavy atom. The van der Waals surface area contributed by atoms with Crippen LogP contribution in [0.2, 0.25) is 10.0 Å². The first-order valence-corrected chi connectivity index (χ1v) is 5.34. The number of rotatable bonds is 2. The molecular formula is C12H7AuCl2NO+3. The quantitative estimate of drug-likeness (QED) is 0.515. The minimum Gasteiger partial charge on any atom is -0.298 e. The normalized spacial score (nSPS) is 9.53. The van der Waals surface area contributed by atoms with Crippen LogP contribution in [0.1, 0.15) is 10.4 Å². The van der Waals surface area contributed by atoms with Gasteiger partial charge in [-0.25, -0.2) is 0 Å². The van der Waals surface area contributed by atoms with Crippen molar-refractivity contribution in [1.82, 2.24) is 4.98 Å². The van der Waals surface area contributed by atoms with E-state index < -0.39 is 0 Å². The molecular weight excluding hydrogens is 442 g/mol. The van der Waals surface area contributed by atoms with E-state index in [0.717, 1.165) is 11.3 Å². The Morgan fingerprint density at radius 3 is 2.41 bits per heavy atom. The number of aromatic nitrogens is 1. The average molecular weight is 449 g/mol. The van der Waals surface area contributed by atoms with Crippen LogP contribution in [-0.4, -0.2) is 11.3 Å². The second-order valence-electron chi connectivity index (χ2n) is 3.16. The van der Waals surface area contributed by atoms with Gasteiger partial charge in [-0.1, -0.05) is 35.3 Å². The van der Waals surface area contributed by atoms with Crippen LogP contribution in [-0.2, 0) is 22.4 Å². The van der Waals surface area contributed by atoms with Gasteiger partial charge in [-0.15, -0.1) is 0 Å². The molecule has 1 heterocycles. The summed E-state index contributed by atoms with van der Waals surface area (Å²) in [6, 6.07) is 8.88. The first-order valence-electron chi connectivity index (χ1n) is 4.58. The molecule has 0 radical (unpaired) electrons. The second-order valence-corrected chi connectivity index (χ2v) is 3.92. The van der Waals surface area contributed by atoms with Gasteiger partial charge >= 0.3 is 22.4 Å². The number of aldehydes is 1. The molecule has 2 nitrogen and oxygen atoms in total. The molecule has 1 aromatic carbocycles. The van der Waals surface area contributed by atoms with Crippen molar-refractivity contribution in [3.8, 4) is 11.3 Å². The SMILES string of the molecule is O=Cc1ccc(-c2ccccn2)c(Cl)c1Cl.[Au+3]. The largest absolute Gasteiger partial charge is 3.00 e. The van der Waals surface area contributed by atoms with Crippen molar-refractivity contribution >= 4 is 29.5 Å². The van der Waals surface area contributed by atoms with Crippen molar-refractivity contribution in [3.63, 3.8) is 0 Å². The van der Waals surface area contributed by atoms with Crippen LogP contribution in [0, 0.1) is 0 Å². The predicted octanol–water partition coefficient (Wildman–Crippen LogP) is 3.87. The topological polar surface area (TPSA) is 30.0 Å². The van der Waals surface area contributed by atoms with E-state index in [1.807, 2.05) is 18.2 Å². The molecule has 0 bridgehead atoms. The van der Waals surface area contributed by atoms with Crippen molar-refractivity contribution in [2.24, 2.45) is 0 Å². The van der Waals surface area contributed by atoms with Crippen LogP contribution in [0.3, 0.4) is 0 Å². The Kier molecular flexibility index (Phi) is 5.37. The maximum atomic E-state index is 10.7. The molecule has 0 aliphatic rings. The first kappa shape index (κ1) is 14.4. The molecule has 88 valence electrons. The van der Waals surface area contributed by atoms with Crippen molar-refractivity contribution < 1.29 is 27.2 Å². The van der Waals surface area contributed by atoms with Gasteiger partial charge in [0.25, 0.3) is 0 Å². The molecule has 0 saturated heterocycles. The maximum Gasteiger partial charge on any atom is 3.00 e. The minimum atomic E-state index is 0. The summed E-state index contributed by atoms with van der Waals surface area (Å²) >= 11 is 12.0. The smallest absolute Gasteiger partial charge is 0.298 e. The Hall–Kier alpha value is -0.640. The van der Waals surface area contributed by atoms with Gasteiger partial charge in [-0.05, 0) is 18.2 Å². The summed E-state index contributed by atoms with van der Waals surface area (Å²) in [5, 5.41) is 0.616. The molecule has 0 aliphatic heterocycles. The first-order chi connectivity index (χ1) is 7.74. The van der Waals surface area contributed by atoms with E-state index in [4.69, 9.17) is 23.2 Å². The molecule has 0 atom stereocenters. The monoisotopic (exact) mass is 448 g/mol. The molecule has 0 fully saturated rings. The van der Waals surface area contributed by atoms with E-state index in [0.29, 0.717) is 16.9 Å². The maximum absolute atomic E-state index is 10.7. The number of benzene rings is 1. The number of pyridine rings is 1. The molecule has 0 N–H and O–H groups in total. The van der Waals surface area contributed by atoms with Crippen molar-refractivity contribution in [2.75, 3.05) is 0 Å². The van der Waals surface area contributed by atoms with E-state index >= 15 is 0 Å². The number of hydrogen-bond acceptors (Lipinski definition) is 2. The Labute approximate surface area is 124 Å². The third kappa shape index (κ3) is 2.97. The molecule has 17 heavy (non-hydrogen) atoms. The van der Waals surface area contributed by atoms with E-state index in [1.54, 1.807) is 18.3 Å². The van der Waals surface area contributed by atoms with Gasteiger partial charge in [0.05, 0.1) is 15.7 Å². The number of hydrogen-bond donors (Lipinski definition) is 0. The van der Waals surface area contributed by atoms with Crippen LogP contribution in [0.25, 0.3) is 11.3 Å². The summed E-state index contributed by atoms with van der Waals surface area (Å²) < 4.78 is 0. The molecule has 0 amide bonds. The molecule has 2 rings (SSSR count). The van der Waals surface area contributed by atoms with Crippen LogP contribution in [0.15, 0.2) is 36.5 Å². The summed E-state index contributed by atoms with van der Waals surface area (Å²) in [5.41, 5.74) is 1.83. The summed E-state index contributed by atoms with van der Waals surface area (Å²) in [5.74, 6) is 0. The third-order valence-corrected chi connectivity index (χ3v) is 3.08. The van der Waals surface area contributed by atoms with Crippen molar-refractivity contribution in [3.05, 3.63) is 52.1 Å². The van der Waals surface area contributed by atoms with E-state index in [9.17, 15) is 4.79 Å². The predicted molar refractivity (Wildman–Crippen MR) is 65.1 cm³/mol. The number of carbonyl (C=O) groups is 1. The Bertz CT molecular complexity index is 532. The van der Waals surface area contributed by atoms with Crippen molar-refractivity contribution in [1.29, 1.82) is 0 Å². The van der Waals surface area contributed by atoms with Gasteiger partial charge in [-0.2, -0.15) is 0 Å². The van der Waals surface area contributed by atoms with Crippen molar-refractivity contribution in [2.45, 2.75) is 0 Å². The van der Waals surface area contributed by atoms with Crippen LogP contribution in [0.5, 0.6) is 0 Å². The molecule has 0 saturated carbocycles. The van der Waals surface area contributed by atoms with E-state index in [-0.39, 0.29) is 27.4 Å². The fraction of sp³-hybridized carbons (Fsp3) is 0. The summed E-state index contributed by atoms with van der Waals surface area (Å²) in [4.78, 5) is 14.8. The fourth-order valence-corrected chi connectivity index (χ4v) is 1.85. The van der Waals surface area contributed by atoms with Gasteiger partial charge in [0, 0.05) is 17.3 Å². The molecule has 0 aliphatic carbocycles. The van der Waals surface area contributed by atoms with Gasteiger partial charge in [-0.3, -0.25) is 9.78 Å². The second kappa shape index (κ2) is 6.34. The van der Waals surface area contributed by atoms with Crippen LogP contribution in [0.4, 0.5) is 0 Å². The Morgan fingerprint density at radius 1 is 1.06 bits per heavy atom. The zero-order valence-electron chi connectivity index (χ0n) is 8.45. The van der Waals surface area contributed by atoms with Crippen LogP contribution < -0.4 is 0 Å². The molecule has 0 unspecified atom stereocenters. The van der Waals surface area contributed by atoms with Gasteiger partial charge < -0.3 is 0 Å². The molecule has 0 spiro atoms. The summed E-state index contributed by atoms with van der Waals surface area (Å²) in [6.07, 6.45) is 2.35. The average Bonchev–Trinajstić information content (AvgIpc) is 2.34.